The average Bonchev–Trinajstić information content (AvgIpc) is 2.06. The summed E-state index contributed by atoms with van der Waals surface area (Å²) in [6.07, 6.45) is 3.76. The van der Waals surface area contributed by atoms with Crippen LogP contribution in [0.3, 0.4) is 0 Å². The largest absolute Gasteiger partial charge is 0.369 e. The Kier molecular flexibility index (Phi) is 5.04. The first-order valence-corrected chi connectivity index (χ1v) is 5.28. The number of carbonyl (C=O) groups is 1. The number of amides is 1. The second kappa shape index (κ2) is 5.25. The Bertz CT molecular complexity index is 159. The van der Waals surface area contributed by atoms with Gasteiger partial charge in [-0.05, 0) is 31.6 Å². The molecule has 0 aliphatic heterocycles. The molecular formula is C11H23NO. The summed E-state index contributed by atoms with van der Waals surface area (Å²) in [6, 6.07) is 0. The van der Waals surface area contributed by atoms with Crippen molar-refractivity contribution in [3.8, 4) is 0 Å². The molecule has 0 aromatic heterocycles. The van der Waals surface area contributed by atoms with E-state index in [-0.39, 0.29) is 11.3 Å². The highest BCUT2D eigenvalue weighted by atomic mass is 16.1. The van der Waals surface area contributed by atoms with Crippen molar-refractivity contribution in [2.45, 2.75) is 53.4 Å². The summed E-state index contributed by atoms with van der Waals surface area (Å²) in [7, 11) is 0. The molecule has 0 saturated carbocycles. The van der Waals surface area contributed by atoms with Gasteiger partial charge in [0.1, 0.15) is 0 Å². The van der Waals surface area contributed by atoms with E-state index in [1.54, 1.807) is 0 Å². The van der Waals surface area contributed by atoms with Crippen LogP contribution in [0.15, 0.2) is 0 Å². The van der Waals surface area contributed by atoms with Crippen LogP contribution in [0.5, 0.6) is 0 Å². The third kappa shape index (κ3) is 3.37. The maximum absolute atomic E-state index is 11.3. The predicted octanol–water partition coefficient (Wildman–Crippen LogP) is 2.71. The van der Waals surface area contributed by atoms with Gasteiger partial charge < -0.3 is 5.73 Å². The fraction of sp³-hybridized carbons (Fsp3) is 0.909. The Balaban J connectivity index is 4.31. The fourth-order valence-electron chi connectivity index (χ4n) is 1.64. The van der Waals surface area contributed by atoms with Crippen LogP contribution < -0.4 is 5.73 Å². The van der Waals surface area contributed by atoms with Gasteiger partial charge in [-0.25, -0.2) is 0 Å². The molecular weight excluding hydrogens is 162 g/mol. The van der Waals surface area contributed by atoms with E-state index in [0.717, 1.165) is 25.7 Å². The van der Waals surface area contributed by atoms with Crippen molar-refractivity contribution in [2.24, 2.45) is 17.1 Å². The lowest BCUT2D eigenvalue weighted by molar-refractivity contribution is -0.128. The van der Waals surface area contributed by atoms with Gasteiger partial charge in [0.25, 0.3) is 0 Å². The minimum absolute atomic E-state index is 0.127. The molecule has 0 heterocycles. The lowest BCUT2D eigenvalue weighted by Gasteiger charge is -2.28. The van der Waals surface area contributed by atoms with Gasteiger partial charge in [-0.15, -0.1) is 0 Å². The fourth-order valence-corrected chi connectivity index (χ4v) is 1.64. The topological polar surface area (TPSA) is 43.1 Å². The van der Waals surface area contributed by atoms with Crippen LogP contribution in [-0.4, -0.2) is 5.91 Å². The Morgan fingerprint density at radius 2 is 1.77 bits per heavy atom. The molecule has 78 valence electrons. The standard InChI is InChI=1S/C11H23NO/c1-5-11(6-2,10(12)13)8-7-9(3)4/h9H,5-8H2,1-4H3,(H2,12,13). The maximum Gasteiger partial charge on any atom is 0.223 e. The predicted molar refractivity (Wildman–Crippen MR) is 56.3 cm³/mol. The number of carbonyl (C=O) groups excluding carboxylic acids is 1. The SMILES string of the molecule is CCC(CC)(CCC(C)C)C(N)=O. The van der Waals surface area contributed by atoms with E-state index in [1.165, 1.54) is 0 Å². The van der Waals surface area contributed by atoms with Gasteiger partial charge in [-0.1, -0.05) is 27.7 Å². The van der Waals surface area contributed by atoms with Crippen molar-refractivity contribution in [1.82, 2.24) is 0 Å². The second-order valence-corrected chi connectivity index (χ2v) is 4.28. The Labute approximate surface area is 81.9 Å². The smallest absolute Gasteiger partial charge is 0.223 e. The van der Waals surface area contributed by atoms with Gasteiger partial charge in [-0.3, -0.25) is 4.79 Å². The number of rotatable bonds is 6. The molecule has 0 aromatic carbocycles. The van der Waals surface area contributed by atoms with Gasteiger partial charge in [0, 0.05) is 5.41 Å². The minimum atomic E-state index is -0.246. The first-order valence-electron chi connectivity index (χ1n) is 5.28. The van der Waals surface area contributed by atoms with Crippen molar-refractivity contribution in [1.29, 1.82) is 0 Å². The Morgan fingerprint density at radius 3 is 2.00 bits per heavy atom. The van der Waals surface area contributed by atoms with E-state index < -0.39 is 0 Å². The van der Waals surface area contributed by atoms with Gasteiger partial charge in [0.2, 0.25) is 5.91 Å². The number of hydrogen-bond donors (Lipinski definition) is 1. The van der Waals surface area contributed by atoms with Crippen LogP contribution in [0.4, 0.5) is 0 Å². The maximum atomic E-state index is 11.3. The minimum Gasteiger partial charge on any atom is -0.369 e. The molecule has 13 heavy (non-hydrogen) atoms. The molecule has 0 aliphatic carbocycles. The van der Waals surface area contributed by atoms with Crippen LogP contribution in [-0.2, 0) is 4.79 Å². The first kappa shape index (κ1) is 12.5. The van der Waals surface area contributed by atoms with E-state index in [0.29, 0.717) is 5.92 Å². The molecule has 2 nitrogen and oxygen atoms in total. The number of primary amides is 1. The molecule has 0 bridgehead atoms. The summed E-state index contributed by atoms with van der Waals surface area (Å²) in [5, 5.41) is 0. The summed E-state index contributed by atoms with van der Waals surface area (Å²) < 4.78 is 0. The Hall–Kier alpha value is -0.530. The molecule has 0 aromatic rings. The summed E-state index contributed by atoms with van der Waals surface area (Å²) in [4.78, 5) is 11.3. The summed E-state index contributed by atoms with van der Waals surface area (Å²) in [5.41, 5.74) is 5.19. The van der Waals surface area contributed by atoms with Gasteiger partial charge >= 0.3 is 0 Å². The monoisotopic (exact) mass is 185 g/mol. The van der Waals surface area contributed by atoms with E-state index in [9.17, 15) is 4.79 Å². The van der Waals surface area contributed by atoms with Crippen LogP contribution in [0.2, 0.25) is 0 Å². The molecule has 0 aliphatic rings. The van der Waals surface area contributed by atoms with E-state index >= 15 is 0 Å². The van der Waals surface area contributed by atoms with Gasteiger partial charge in [0.05, 0.1) is 0 Å². The summed E-state index contributed by atoms with van der Waals surface area (Å²) in [6.45, 7) is 8.46. The quantitative estimate of drug-likeness (QED) is 0.679. The van der Waals surface area contributed by atoms with Crippen LogP contribution in [0.25, 0.3) is 0 Å². The molecule has 0 radical (unpaired) electrons. The third-order valence-electron chi connectivity index (χ3n) is 3.08. The zero-order valence-corrected chi connectivity index (χ0v) is 9.39. The molecule has 0 rings (SSSR count). The normalized spacial score (nSPS) is 12.1. The zero-order valence-electron chi connectivity index (χ0n) is 9.39. The molecule has 0 spiro atoms. The summed E-state index contributed by atoms with van der Waals surface area (Å²) >= 11 is 0. The molecule has 1 amide bonds. The number of nitrogens with two attached hydrogens (primary N) is 1. The third-order valence-corrected chi connectivity index (χ3v) is 3.08. The van der Waals surface area contributed by atoms with E-state index in [4.69, 9.17) is 5.73 Å². The molecule has 0 fully saturated rings. The lowest BCUT2D eigenvalue weighted by Crippen LogP contribution is -2.36. The highest BCUT2D eigenvalue weighted by molar-refractivity contribution is 5.80. The Morgan fingerprint density at radius 1 is 1.31 bits per heavy atom. The first-order chi connectivity index (χ1) is 5.98. The second-order valence-electron chi connectivity index (χ2n) is 4.28. The van der Waals surface area contributed by atoms with Crippen LogP contribution in [0.1, 0.15) is 53.4 Å². The molecule has 0 atom stereocenters. The van der Waals surface area contributed by atoms with Crippen molar-refractivity contribution >= 4 is 5.91 Å². The average molecular weight is 185 g/mol. The molecule has 2 heteroatoms. The van der Waals surface area contributed by atoms with Crippen molar-refractivity contribution in [2.75, 3.05) is 0 Å². The van der Waals surface area contributed by atoms with Gasteiger partial charge in [0.15, 0.2) is 0 Å². The molecule has 0 unspecified atom stereocenters. The highest BCUT2D eigenvalue weighted by Crippen LogP contribution is 2.32. The summed E-state index contributed by atoms with van der Waals surface area (Å²) in [5.74, 6) is 0.523. The van der Waals surface area contributed by atoms with Gasteiger partial charge in [-0.2, -0.15) is 0 Å². The van der Waals surface area contributed by atoms with E-state index in [1.807, 2.05) is 0 Å². The van der Waals surface area contributed by atoms with Crippen molar-refractivity contribution < 1.29 is 4.79 Å². The molecule has 2 N–H and O–H groups in total. The number of hydrogen-bond acceptors (Lipinski definition) is 1. The van der Waals surface area contributed by atoms with Crippen molar-refractivity contribution in [3.05, 3.63) is 0 Å². The highest BCUT2D eigenvalue weighted by Gasteiger charge is 2.32. The van der Waals surface area contributed by atoms with Crippen LogP contribution in [0, 0.1) is 11.3 Å². The molecule has 0 saturated heterocycles. The van der Waals surface area contributed by atoms with E-state index in [2.05, 4.69) is 27.7 Å². The van der Waals surface area contributed by atoms with Crippen LogP contribution >= 0.6 is 0 Å². The zero-order chi connectivity index (χ0) is 10.5. The van der Waals surface area contributed by atoms with Crippen molar-refractivity contribution in [3.63, 3.8) is 0 Å². The lowest BCUT2D eigenvalue weighted by atomic mass is 9.76.